The lowest BCUT2D eigenvalue weighted by molar-refractivity contribution is -0.142. The van der Waals surface area contributed by atoms with E-state index in [2.05, 4.69) is 17.1 Å². The van der Waals surface area contributed by atoms with E-state index in [0.29, 0.717) is 18.3 Å². The van der Waals surface area contributed by atoms with Crippen LogP contribution < -0.4 is 0 Å². The molecule has 0 bridgehead atoms. The highest BCUT2D eigenvalue weighted by Gasteiger charge is 2.15. The van der Waals surface area contributed by atoms with Crippen molar-refractivity contribution in [2.75, 3.05) is 20.2 Å². The smallest absolute Gasteiger partial charge is 0.319 e. The lowest BCUT2D eigenvalue weighted by Crippen LogP contribution is -2.31. The summed E-state index contributed by atoms with van der Waals surface area (Å²) in [6, 6.07) is 9.59. The summed E-state index contributed by atoms with van der Waals surface area (Å²) in [6.07, 6.45) is 0.931. The molecular formula is C15H19N3O3. The molecule has 0 aliphatic carbocycles. The van der Waals surface area contributed by atoms with E-state index in [1.165, 1.54) is 7.11 Å². The third-order valence-corrected chi connectivity index (χ3v) is 2.97. The van der Waals surface area contributed by atoms with E-state index in [-0.39, 0.29) is 12.5 Å². The first-order chi connectivity index (χ1) is 10.2. The highest BCUT2D eigenvalue weighted by molar-refractivity contribution is 5.71. The number of nitrogens with zero attached hydrogens (tertiary/aromatic N) is 3. The molecule has 0 unspecified atom stereocenters. The quantitative estimate of drug-likeness (QED) is 0.727. The summed E-state index contributed by atoms with van der Waals surface area (Å²) in [5, 5.41) is 3.97. The summed E-state index contributed by atoms with van der Waals surface area (Å²) in [6.45, 7) is 3.50. The number of hydrogen-bond donors (Lipinski definition) is 0. The third kappa shape index (κ3) is 4.39. The Balaban J connectivity index is 2.04. The number of benzene rings is 1. The van der Waals surface area contributed by atoms with E-state index in [1.807, 2.05) is 35.2 Å². The van der Waals surface area contributed by atoms with Gasteiger partial charge in [0.15, 0.2) is 5.82 Å². The van der Waals surface area contributed by atoms with Crippen molar-refractivity contribution in [3.8, 4) is 11.5 Å². The van der Waals surface area contributed by atoms with Gasteiger partial charge in [-0.3, -0.25) is 9.69 Å². The van der Waals surface area contributed by atoms with E-state index in [1.54, 1.807) is 0 Å². The summed E-state index contributed by atoms with van der Waals surface area (Å²) in [5.74, 6) is 0.779. The van der Waals surface area contributed by atoms with E-state index in [0.717, 1.165) is 18.5 Å². The molecule has 0 spiro atoms. The van der Waals surface area contributed by atoms with Gasteiger partial charge < -0.3 is 9.26 Å². The maximum atomic E-state index is 11.4. The molecule has 1 heterocycles. The van der Waals surface area contributed by atoms with Crippen LogP contribution in [0.1, 0.15) is 19.2 Å². The van der Waals surface area contributed by atoms with Crippen molar-refractivity contribution in [1.29, 1.82) is 0 Å². The van der Waals surface area contributed by atoms with Crippen molar-refractivity contribution in [3.63, 3.8) is 0 Å². The summed E-state index contributed by atoms with van der Waals surface area (Å²) >= 11 is 0. The number of esters is 1. The molecular weight excluding hydrogens is 270 g/mol. The molecule has 1 aromatic carbocycles. The van der Waals surface area contributed by atoms with Gasteiger partial charge in [0.05, 0.1) is 20.2 Å². The first-order valence-corrected chi connectivity index (χ1v) is 6.90. The molecule has 0 saturated heterocycles. The Labute approximate surface area is 123 Å². The van der Waals surface area contributed by atoms with E-state index in [9.17, 15) is 4.79 Å². The average molecular weight is 289 g/mol. The van der Waals surface area contributed by atoms with Crippen molar-refractivity contribution in [3.05, 3.63) is 36.2 Å². The Morgan fingerprint density at radius 3 is 2.76 bits per heavy atom. The highest BCUT2D eigenvalue weighted by Crippen LogP contribution is 2.16. The molecule has 0 N–H and O–H groups in total. The molecule has 0 atom stereocenters. The monoisotopic (exact) mass is 289 g/mol. The molecule has 2 rings (SSSR count). The van der Waals surface area contributed by atoms with Gasteiger partial charge in [0, 0.05) is 5.56 Å². The normalized spacial score (nSPS) is 10.8. The molecule has 0 saturated carbocycles. The number of ether oxygens (including phenoxy) is 1. The number of aromatic nitrogens is 2. The van der Waals surface area contributed by atoms with Crippen LogP contribution in [0.4, 0.5) is 0 Å². The van der Waals surface area contributed by atoms with Crippen LogP contribution in [0.5, 0.6) is 0 Å². The second-order valence-electron chi connectivity index (χ2n) is 4.67. The van der Waals surface area contributed by atoms with E-state index < -0.39 is 0 Å². The summed E-state index contributed by atoms with van der Waals surface area (Å²) in [7, 11) is 1.38. The maximum absolute atomic E-state index is 11.4. The fourth-order valence-corrected chi connectivity index (χ4v) is 1.99. The summed E-state index contributed by atoms with van der Waals surface area (Å²) < 4.78 is 9.95. The molecule has 1 aromatic heterocycles. The topological polar surface area (TPSA) is 68.5 Å². The molecule has 21 heavy (non-hydrogen) atoms. The molecule has 0 fully saturated rings. The SMILES string of the molecule is CCCN(CC(=O)OC)Cc1noc(-c2ccccc2)n1. The maximum Gasteiger partial charge on any atom is 0.319 e. The van der Waals surface area contributed by atoms with Crippen LogP contribution in [0.3, 0.4) is 0 Å². The predicted octanol–water partition coefficient (Wildman–Crippen LogP) is 2.12. The van der Waals surface area contributed by atoms with Gasteiger partial charge in [-0.05, 0) is 25.1 Å². The van der Waals surface area contributed by atoms with Gasteiger partial charge in [-0.2, -0.15) is 4.98 Å². The molecule has 0 aliphatic rings. The Morgan fingerprint density at radius 2 is 2.10 bits per heavy atom. The Bertz CT molecular complexity index is 569. The second kappa shape index (κ2) is 7.54. The van der Waals surface area contributed by atoms with Crippen LogP contribution in [-0.4, -0.2) is 41.2 Å². The average Bonchev–Trinajstić information content (AvgIpc) is 2.97. The Hall–Kier alpha value is -2.21. The van der Waals surface area contributed by atoms with Crippen LogP contribution in [0.2, 0.25) is 0 Å². The van der Waals surface area contributed by atoms with Crippen LogP contribution in [-0.2, 0) is 16.1 Å². The van der Waals surface area contributed by atoms with Crippen molar-refractivity contribution >= 4 is 5.97 Å². The number of methoxy groups -OCH3 is 1. The van der Waals surface area contributed by atoms with Crippen molar-refractivity contribution in [2.45, 2.75) is 19.9 Å². The van der Waals surface area contributed by atoms with Crippen LogP contribution in [0, 0.1) is 0 Å². The van der Waals surface area contributed by atoms with Crippen molar-refractivity contribution in [2.24, 2.45) is 0 Å². The molecule has 2 aromatic rings. The van der Waals surface area contributed by atoms with Gasteiger partial charge in [0.1, 0.15) is 0 Å². The fourth-order valence-electron chi connectivity index (χ4n) is 1.99. The van der Waals surface area contributed by atoms with Gasteiger partial charge in [-0.25, -0.2) is 0 Å². The molecule has 0 aliphatic heterocycles. The van der Waals surface area contributed by atoms with Crippen molar-refractivity contribution < 1.29 is 14.1 Å². The third-order valence-electron chi connectivity index (χ3n) is 2.97. The van der Waals surface area contributed by atoms with Gasteiger partial charge >= 0.3 is 5.97 Å². The molecule has 0 amide bonds. The zero-order valence-corrected chi connectivity index (χ0v) is 12.3. The Kier molecular flexibility index (Phi) is 5.45. The van der Waals surface area contributed by atoms with E-state index >= 15 is 0 Å². The fraction of sp³-hybridized carbons (Fsp3) is 0.400. The van der Waals surface area contributed by atoms with Gasteiger partial charge in [0.2, 0.25) is 0 Å². The van der Waals surface area contributed by atoms with Gasteiger partial charge in [-0.1, -0.05) is 30.3 Å². The van der Waals surface area contributed by atoms with Crippen LogP contribution >= 0.6 is 0 Å². The van der Waals surface area contributed by atoms with Crippen LogP contribution in [0.15, 0.2) is 34.9 Å². The lowest BCUT2D eigenvalue weighted by atomic mass is 10.2. The van der Waals surface area contributed by atoms with Gasteiger partial charge in [-0.15, -0.1) is 0 Å². The van der Waals surface area contributed by atoms with Crippen molar-refractivity contribution in [1.82, 2.24) is 15.0 Å². The minimum absolute atomic E-state index is 0.222. The molecule has 6 nitrogen and oxygen atoms in total. The van der Waals surface area contributed by atoms with Crippen LogP contribution in [0.25, 0.3) is 11.5 Å². The molecule has 0 radical (unpaired) electrons. The first kappa shape index (κ1) is 15.2. The van der Waals surface area contributed by atoms with E-state index in [4.69, 9.17) is 9.26 Å². The van der Waals surface area contributed by atoms with Gasteiger partial charge in [0.25, 0.3) is 5.89 Å². The zero-order chi connectivity index (χ0) is 15.1. The molecule has 112 valence electrons. The first-order valence-electron chi connectivity index (χ1n) is 6.90. The second-order valence-corrected chi connectivity index (χ2v) is 4.67. The lowest BCUT2D eigenvalue weighted by Gasteiger charge is -2.17. The Morgan fingerprint density at radius 1 is 1.33 bits per heavy atom. The minimum Gasteiger partial charge on any atom is -0.468 e. The number of carbonyl (C=O) groups is 1. The number of hydrogen-bond acceptors (Lipinski definition) is 6. The number of rotatable bonds is 7. The standard InChI is InChI=1S/C15H19N3O3/c1-3-9-18(11-14(19)20-2)10-13-16-15(21-17-13)12-7-5-4-6-8-12/h4-8H,3,9-11H2,1-2H3. The minimum atomic E-state index is -0.268. The largest absolute Gasteiger partial charge is 0.468 e. The summed E-state index contributed by atoms with van der Waals surface area (Å²) in [5.41, 5.74) is 0.881. The highest BCUT2D eigenvalue weighted by atomic mass is 16.5. The number of carbonyl (C=O) groups excluding carboxylic acids is 1. The molecule has 6 heteroatoms. The predicted molar refractivity (Wildman–Crippen MR) is 77.3 cm³/mol. The summed E-state index contributed by atoms with van der Waals surface area (Å²) in [4.78, 5) is 17.7. The zero-order valence-electron chi connectivity index (χ0n) is 12.3.